The SMILES string of the molecule is Cc1[nH]c(=S)sc1-c1ccccn1. The molecule has 2 heterocycles. The van der Waals surface area contributed by atoms with Crippen LogP contribution in [0.2, 0.25) is 0 Å². The highest BCUT2D eigenvalue weighted by atomic mass is 32.1. The van der Waals surface area contributed by atoms with Gasteiger partial charge in [-0.15, -0.1) is 11.3 Å². The molecule has 4 heteroatoms. The summed E-state index contributed by atoms with van der Waals surface area (Å²) in [6.07, 6.45) is 1.79. The Kier molecular flexibility index (Phi) is 2.24. The van der Waals surface area contributed by atoms with Crippen molar-refractivity contribution >= 4 is 23.6 Å². The highest BCUT2D eigenvalue weighted by molar-refractivity contribution is 7.73. The quantitative estimate of drug-likeness (QED) is 0.729. The first kappa shape index (κ1) is 8.59. The van der Waals surface area contributed by atoms with Crippen molar-refractivity contribution in [2.75, 3.05) is 0 Å². The fourth-order valence-electron chi connectivity index (χ4n) is 1.15. The summed E-state index contributed by atoms with van der Waals surface area (Å²) in [5, 5.41) is 0. The zero-order valence-electron chi connectivity index (χ0n) is 7.07. The number of aromatic amines is 1. The number of thiazole rings is 1. The van der Waals surface area contributed by atoms with Crippen molar-refractivity contribution in [1.82, 2.24) is 9.97 Å². The van der Waals surface area contributed by atoms with Crippen molar-refractivity contribution in [2.24, 2.45) is 0 Å². The van der Waals surface area contributed by atoms with Gasteiger partial charge in [0, 0.05) is 11.9 Å². The van der Waals surface area contributed by atoms with Gasteiger partial charge in [0.2, 0.25) is 0 Å². The highest BCUT2D eigenvalue weighted by Crippen LogP contribution is 2.25. The van der Waals surface area contributed by atoms with Crippen LogP contribution in [-0.4, -0.2) is 9.97 Å². The summed E-state index contributed by atoms with van der Waals surface area (Å²) < 4.78 is 0.804. The monoisotopic (exact) mass is 208 g/mol. The van der Waals surface area contributed by atoms with Crippen molar-refractivity contribution in [3.63, 3.8) is 0 Å². The van der Waals surface area contributed by atoms with Gasteiger partial charge in [0.05, 0.1) is 10.6 Å². The third-order valence-corrected chi connectivity index (χ3v) is 3.08. The lowest BCUT2D eigenvalue weighted by Gasteiger charge is -1.95. The summed E-state index contributed by atoms with van der Waals surface area (Å²) >= 11 is 6.62. The second-order valence-electron chi connectivity index (χ2n) is 2.68. The first-order valence-corrected chi connectivity index (χ1v) is 5.11. The predicted octanol–water partition coefficient (Wildman–Crippen LogP) is 3.18. The predicted molar refractivity (Wildman–Crippen MR) is 57.5 cm³/mol. The van der Waals surface area contributed by atoms with Gasteiger partial charge in [-0.2, -0.15) is 0 Å². The molecule has 0 aromatic carbocycles. The van der Waals surface area contributed by atoms with Crippen LogP contribution < -0.4 is 0 Å². The van der Waals surface area contributed by atoms with Crippen LogP contribution in [-0.2, 0) is 0 Å². The van der Waals surface area contributed by atoms with Crippen molar-refractivity contribution in [2.45, 2.75) is 6.92 Å². The van der Waals surface area contributed by atoms with Gasteiger partial charge >= 0.3 is 0 Å². The number of nitrogens with zero attached hydrogens (tertiary/aromatic N) is 1. The summed E-state index contributed by atoms with van der Waals surface area (Å²) in [5.41, 5.74) is 2.08. The van der Waals surface area contributed by atoms with Gasteiger partial charge in [0.1, 0.15) is 0 Å². The van der Waals surface area contributed by atoms with E-state index in [1.165, 1.54) is 0 Å². The number of rotatable bonds is 1. The third kappa shape index (κ3) is 1.68. The molecule has 13 heavy (non-hydrogen) atoms. The van der Waals surface area contributed by atoms with Gasteiger partial charge < -0.3 is 4.98 Å². The Bertz CT molecular complexity index is 456. The van der Waals surface area contributed by atoms with Crippen molar-refractivity contribution in [3.8, 4) is 10.6 Å². The molecule has 0 aliphatic carbocycles. The Labute approximate surface area is 85.3 Å². The summed E-state index contributed by atoms with van der Waals surface area (Å²) in [6.45, 7) is 2.01. The van der Waals surface area contributed by atoms with Crippen LogP contribution in [0.3, 0.4) is 0 Å². The lowest BCUT2D eigenvalue weighted by Crippen LogP contribution is -1.80. The summed E-state index contributed by atoms with van der Waals surface area (Å²) in [4.78, 5) is 8.50. The molecule has 0 aliphatic heterocycles. The number of aryl methyl sites for hydroxylation is 1. The van der Waals surface area contributed by atoms with E-state index < -0.39 is 0 Å². The molecule has 2 aromatic heterocycles. The molecule has 66 valence electrons. The standard InChI is InChI=1S/C9H8N2S2/c1-6-8(13-9(12)11-6)7-4-2-3-5-10-7/h2-5H,1H3,(H,11,12). The molecule has 0 unspecified atom stereocenters. The first-order valence-electron chi connectivity index (χ1n) is 3.88. The van der Waals surface area contributed by atoms with Crippen molar-refractivity contribution in [1.29, 1.82) is 0 Å². The molecule has 0 saturated heterocycles. The van der Waals surface area contributed by atoms with Gasteiger partial charge in [-0.1, -0.05) is 6.07 Å². The summed E-state index contributed by atoms with van der Waals surface area (Å²) in [7, 11) is 0. The van der Waals surface area contributed by atoms with E-state index in [9.17, 15) is 0 Å². The lowest BCUT2D eigenvalue weighted by atomic mass is 10.3. The van der Waals surface area contributed by atoms with Crippen LogP contribution in [0.4, 0.5) is 0 Å². The molecule has 0 atom stereocenters. The lowest BCUT2D eigenvalue weighted by molar-refractivity contribution is 1.24. The molecular formula is C9H8N2S2. The fraction of sp³-hybridized carbons (Fsp3) is 0.111. The van der Waals surface area contributed by atoms with E-state index in [1.54, 1.807) is 17.5 Å². The van der Waals surface area contributed by atoms with Crippen molar-refractivity contribution < 1.29 is 0 Å². The highest BCUT2D eigenvalue weighted by Gasteiger charge is 2.04. The van der Waals surface area contributed by atoms with Crippen LogP contribution in [0.1, 0.15) is 5.69 Å². The molecule has 0 fully saturated rings. The van der Waals surface area contributed by atoms with Crippen LogP contribution in [0.15, 0.2) is 24.4 Å². The van der Waals surface area contributed by atoms with Gasteiger partial charge in [-0.25, -0.2) is 0 Å². The minimum atomic E-state index is 0.804. The van der Waals surface area contributed by atoms with Gasteiger partial charge in [0.15, 0.2) is 3.95 Å². The summed E-state index contributed by atoms with van der Waals surface area (Å²) in [5.74, 6) is 0. The minimum Gasteiger partial charge on any atom is -0.341 e. The Morgan fingerprint density at radius 1 is 1.46 bits per heavy atom. The van der Waals surface area contributed by atoms with Gasteiger partial charge in [0.25, 0.3) is 0 Å². The van der Waals surface area contributed by atoms with E-state index in [0.29, 0.717) is 0 Å². The maximum Gasteiger partial charge on any atom is 0.159 e. The Balaban J connectivity index is 2.59. The van der Waals surface area contributed by atoms with E-state index in [-0.39, 0.29) is 0 Å². The molecule has 0 radical (unpaired) electrons. The Morgan fingerprint density at radius 2 is 2.31 bits per heavy atom. The van der Waals surface area contributed by atoms with Crippen LogP contribution >= 0.6 is 23.6 Å². The number of nitrogens with one attached hydrogen (secondary N) is 1. The molecule has 0 spiro atoms. The second kappa shape index (κ2) is 3.40. The average molecular weight is 208 g/mol. The van der Waals surface area contributed by atoms with E-state index in [2.05, 4.69) is 9.97 Å². The fourth-order valence-corrected chi connectivity index (χ4v) is 2.37. The second-order valence-corrected chi connectivity index (χ2v) is 4.37. The van der Waals surface area contributed by atoms with Crippen LogP contribution in [0.25, 0.3) is 10.6 Å². The van der Waals surface area contributed by atoms with E-state index in [4.69, 9.17) is 12.2 Å². The molecule has 0 amide bonds. The third-order valence-electron chi connectivity index (χ3n) is 1.72. The summed E-state index contributed by atoms with van der Waals surface area (Å²) in [6, 6.07) is 5.87. The first-order chi connectivity index (χ1) is 6.27. The van der Waals surface area contributed by atoms with Crippen LogP contribution in [0, 0.1) is 10.9 Å². The van der Waals surface area contributed by atoms with Crippen molar-refractivity contribution in [3.05, 3.63) is 34.0 Å². The topological polar surface area (TPSA) is 28.7 Å². The number of hydrogen-bond acceptors (Lipinski definition) is 3. The van der Waals surface area contributed by atoms with E-state index >= 15 is 0 Å². The maximum atomic E-state index is 5.06. The van der Waals surface area contributed by atoms with E-state index in [0.717, 1.165) is 20.2 Å². The maximum absolute atomic E-state index is 5.06. The number of aromatic nitrogens is 2. The van der Waals surface area contributed by atoms with E-state index in [1.807, 2.05) is 25.1 Å². The minimum absolute atomic E-state index is 0.804. The largest absolute Gasteiger partial charge is 0.341 e. The van der Waals surface area contributed by atoms with Crippen LogP contribution in [0.5, 0.6) is 0 Å². The molecule has 0 aliphatic rings. The molecule has 2 nitrogen and oxygen atoms in total. The molecule has 2 aromatic rings. The van der Waals surface area contributed by atoms with Gasteiger partial charge in [-0.05, 0) is 31.3 Å². The Hall–Kier alpha value is -1.00. The number of H-pyrrole nitrogens is 1. The smallest absolute Gasteiger partial charge is 0.159 e. The van der Waals surface area contributed by atoms with Gasteiger partial charge in [-0.3, -0.25) is 4.98 Å². The average Bonchev–Trinajstić information content (AvgIpc) is 2.47. The molecular weight excluding hydrogens is 200 g/mol. The molecule has 2 rings (SSSR count). The molecule has 0 bridgehead atoms. The zero-order valence-corrected chi connectivity index (χ0v) is 8.71. The number of pyridine rings is 1. The normalized spacial score (nSPS) is 10.2. The zero-order chi connectivity index (χ0) is 9.26. The number of hydrogen-bond donors (Lipinski definition) is 1. The molecule has 1 N–H and O–H groups in total. The molecule has 0 saturated carbocycles. The Morgan fingerprint density at radius 3 is 2.85 bits per heavy atom.